The van der Waals surface area contributed by atoms with Crippen LogP contribution in [0, 0.1) is 0 Å². The van der Waals surface area contributed by atoms with E-state index in [-0.39, 0.29) is 18.1 Å². The third-order valence-corrected chi connectivity index (χ3v) is 2.62. The highest BCUT2D eigenvalue weighted by Crippen LogP contribution is 2.10. The predicted molar refractivity (Wildman–Crippen MR) is 72.2 cm³/mol. The molecule has 0 atom stereocenters. The average Bonchev–Trinajstić information content (AvgIpc) is 2.74. The molecule has 0 aliphatic carbocycles. The third-order valence-electron chi connectivity index (χ3n) is 1.79. The van der Waals surface area contributed by atoms with Gasteiger partial charge in [-0.25, -0.2) is 4.79 Å². The number of carbonyl (C=O) groups excluding carboxylic acids is 2. The summed E-state index contributed by atoms with van der Waals surface area (Å²) in [5.74, 6) is -0.826. The Morgan fingerprint density at radius 1 is 1.44 bits per heavy atom. The molecule has 0 radical (unpaired) electrons. The SMILES string of the molecule is CC(C)(C)NC(=O)COC(=O)C=Cc1cccs1. The Labute approximate surface area is 111 Å². The van der Waals surface area contributed by atoms with Crippen LogP contribution in [0.2, 0.25) is 0 Å². The Morgan fingerprint density at radius 3 is 2.72 bits per heavy atom. The number of nitrogens with one attached hydrogen (secondary N) is 1. The van der Waals surface area contributed by atoms with Gasteiger partial charge in [0, 0.05) is 16.5 Å². The zero-order valence-electron chi connectivity index (χ0n) is 10.7. The number of thiophene rings is 1. The van der Waals surface area contributed by atoms with Crippen LogP contribution < -0.4 is 5.32 Å². The monoisotopic (exact) mass is 267 g/mol. The molecule has 0 aliphatic heterocycles. The predicted octanol–water partition coefficient (Wildman–Crippen LogP) is 2.22. The van der Waals surface area contributed by atoms with Gasteiger partial charge in [-0.2, -0.15) is 0 Å². The van der Waals surface area contributed by atoms with E-state index in [2.05, 4.69) is 5.32 Å². The van der Waals surface area contributed by atoms with E-state index < -0.39 is 5.97 Å². The van der Waals surface area contributed by atoms with Crippen LogP contribution in [0.25, 0.3) is 6.08 Å². The number of hydrogen-bond donors (Lipinski definition) is 1. The second-order valence-electron chi connectivity index (χ2n) is 4.75. The third kappa shape index (κ3) is 6.20. The highest BCUT2D eigenvalue weighted by molar-refractivity contribution is 7.10. The molecule has 0 spiro atoms. The van der Waals surface area contributed by atoms with Crippen LogP contribution in [0.5, 0.6) is 0 Å². The van der Waals surface area contributed by atoms with Gasteiger partial charge >= 0.3 is 5.97 Å². The normalized spacial score (nSPS) is 11.5. The van der Waals surface area contributed by atoms with Gasteiger partial charge in [0.15, 0.2) is 6.61 Å². The standard InChI is InChI=1S/C13H17NO3S/c1-13(2,3)14-11(15)9-17-12(16)7-6-10-5-4-8-18-10/h4-8H,9H2,1-3H3,(H,14,15). The van der Waals surface area contributed by atoms with Crippen molar-refractivity contribution in [3.63, 3.8) is 0 Å². The summed E-state index contributed by atoms with van der Waals surface area (Å²) in [4.78, 5) is 23.7. The molecular formula is C13H17NO3S. The molecule has 18 heavy (non-hydrogen) atoms. The van der Waals surface area contributed by atoms with Crippen LogP contribution in [0.1, 0.15) is 25.6 Å². The van der Waals surface area contributed by atoms with E-state index in [0.717, 1.165) is 4.88 Å². The van der Waals surface area contributed by atoms with Gasteiger partial charge in [0.25, 0.3) is 5.91 Å². The highest BCUT2D eigenvalue weighted by atomic mass is 32.1. The van der Waals surface area contributed by atoms with Gasteiger partial charge in [0.1, 0.15) is 0 Å². The largest absolute Gasteiger partial charge is 0.452 e. The first-order valence-corrected chi connectivity index (χ1v) is 6.44. The first kappa shape index (κ1) is 14.4. The lowest BCUT2D eigenvalue weighted by Crippen LogP contribution is -2.42. The molecule has 1 N–H and O–H groups in total. The lowest BCUT2D eigenvalue weighted by molar-refractivity contribution is -0.144. The van der Waals surface area contributed by atoms with Crippen molar-refractivity contribution in [2.75, 3.05) is 6.61 Å². The fraction of sp³-hybridized carbons (Fsp3) is 0.385. The summed E-state index contributed by atoms with van der Waals surface area (Å²) in [5, 5.41) is 4.62. The summed E-state index contributed by atoms with van der Waals surface area (Å²) in [6.07, 6.45) is 2.98. The Bertz CT molecular complexity index is 430. The number of carbonyl (C=O) groups is 2. The lowest BCUT2D eigenvalue weighted by Gasteiger charge is -2.20. The number of amides is 1. The summed E-state index contributed by atoms with van der Waals surface area (Å²) in [6.45, 7) is 5.33. The first-order valence-electron chi connectivity index (χ1n) is 5.56. The van der Waals surface area contributed by atoms with Crippen molar-refractivity contribution >= 4 is 29.3 Å². The molecule has 0 aliphatic rings. The number of ether oxygens (including phenoxy) is 1. The van der Waals surface area contributed by atoms with E-state index >= 15 is 0 Å². The molecule has 0 saturated heterocycles. The topological polar surface area (TPSA) is 55.4 Å². The molecule has 1 aromatic heterocycles. The van der Waals surface area contributed by atoms with Crippen LogP contribution in [-0.2, 0) is 14.3 Å². The van der Waals surface area contributed by atoms with Gasteiger partial charge in [-0.3, -0.25) is 4.79 Å². The lowest BCUT2D eigenvalue weighted by atomic mass is 10.1. The van der Waals surface area contributed by atoms with Crippen molar-refractivity contribution in [3.8, 4) is 0 Å². The molecule has 1 heterocycles. The zero-order valence-corrected chi connectivity index (χ0v) is 11.5. The van der Waals surface area contributed by atoms with Crippen LogP contribution >= 0.6 is 11.3 Å². The molecule has 0 fully saturated rings. The number of hydrogen-bond acceptors (Lipinski definition) is 4. The minimum Gasteiger partial charge on any atom is -0.452 e. The van der Waals surface area contributed by atoms with E-state index in [9.17, 15) is 9.59 Å². The Kier molecular flexibility index (Phi) is 5.09. The second-order valence-corrected chi connectivity index (χ2v) is 5.73. The van der Waals surface area contributed by atoms with Gasteiger partial charge in [-0.15, -0.1) is 11.3 Å². The van der Waals surface area contributed by atoms with Crippen molar-refractivity contribution in [2.45, 2.75) is 26.3 Å². The van der Waals surface area contributed by atoms with Crippen LogP contribution in [-0.4, -0.2) is 24.0 Å². The van der Waals surface area contributed by atoms with Crippen molar-refractivity contribution in [3.05, 3.63) is 28.5 Å². The maximum atomic E-state index is 11.4. The van der Waals surface area contributed by atoms with Crippen LogP contribution in [0.15, 0.2) is 23.6 Å². The molecule has 0 aromatic carbocycles. The van der Waals surface area contributed by atoms with E-state index in [1.54, 1.807) is 6.08 Å². The maximum Gasteiger partial charge on any atom is 0.331 e. The molecule has 0 saturated carbocycles. The Hall–Kier alpha value is -1.62. The van der Waals surface area contributed by atoms with Gasteiger partial charge in [0.05, 0.1) is 0 Å². The smallest absolute Gasteiger partial charge is 0.331 e. The summed E-state index contributed by atoms with van der Waals surface area (Å²) >= 11 is 1.52. The van der Waals surface area contributed by atoms with Gasteiger partial charge in [-0.05, 0) is 38.3 Å². The highest BCUT2D eigenvalue weighted by Gasteiger charge is 2.14. The molecule has 4 nitrogen and oxygen atoms in total. The van der Waals surface area contributed by atoms with Crippen molar-refractivity contribution in [1.82, 2.24) is 5.32 Å². The van der Waals surface area contributed by atoms with Crippen molar-refractivity contribution in [1.29, 1.82) is 0 Å². The fourth-order valence-electron chi connectivity index (χ4n) is 1.18. The van der Waals surface area contributed by atoms with Crippen molar-refractivity contribution < 1.29 is 14.3 Å². The summed E-state index contributed by atoms with van der Waals surface area (Å²) in [5.41, 5.74) is -0.323. The Balaban J connectivity index is 2.31. The van der Waals surface area contributed by atoms with Gasteiger partial charge in [-0.1, -0.05) is 6.07 Å². The van der Waals surface area contributed by atoms with Gasteiger partial charge < -0.3 is 10.1 Å². The molecule has 0 bridgehead atoms. The fourth-order valence-corrected chi connectivity index (χ4v) is 1.79. The van der Waals surface area contributed by atoms with Gasteiger partial charge in [0.2, 0.25) is 0 Å². The second kappa shape index (κ2) is 6.35. The van der Waals surface area contributed by atoms with Crippen LogP contribution in [0.3, 0.4) is 0 Å². The summed E-state index contributed by atoms with van der Waals surface area (Å²) in [7, 11) is 0. The Morgan fingerprint density at radius 2 is 2.17 bits per heavy atom. The maximum absolute atomic E-state index is 11.4. The molecule has 1 rings (SSSR count). The number of esters is 1. The molecule has 1 aromatic rings. The molecule has 5 heteroatoms. The molecular weight excluding hydrogens is 250 g/mol. The van der Waals surface area contributed by atoms with E-state index in [1.165, 1.54) is 17.4 Å². The molecule has 1 amide bonds. The zero-order chi connectivity index (χ0) is 13.6. The minimum absolute atomic E-state index is 0.259. The quantitative estimate of drug-likeness (QED) is 0.672. The number of rotatable bonds is 4. The average molecular weight is 267 g/mol. The first-order chi connectivity index (χ1) is 8.37. The van der Waals surface area contributed by atoms with Crippen molar-refractivity contribution in [2.24, 2.45) is 0 Å². The summed E-state index contributed by atoms with van der Waals surface area (Å²) < 4.78 is 4.81. The minimum atomic E-state index is -0.521. The van der Waals surface area contributed by atoms with E-state index in [4.69, 9.17) is 4.74 Å². The van der Waals surface area contributed by atoms with E-state index in [1.807, 2.05) is 38.3 Å². The summed E-state index contributed by atoms with van der Waals surface area (Å²) in [6, 6.07) is 3.78. The molecule has 0 unspecified atom stereocenters. The molecule has 98 valence electrons. The van der Waals surface area contributed by atoms with Crippen LogP contribution in [0.4, 0.5) is 0 Å². The van der Waals surface area contributed by atoms with E-state index in [0.29, 0.717) is 0 Å².